The van der Waals surface area contributed by atoms with Gasteiger partial charge in [-0.2, -0.15) is 0 Å². The molecule has 0 unspecified atom stereocenters. The van der Waals surface area contributed by atoms with E-state index in [9.17, 15) is 4.39 Å². The van der Waals surface area contributed by atoms with Crippen LogP contribution in [0.3, 0.4) is 0 Å². The number of hydrogen-bond acceptors (Lipinski definition) is 2. The van der Waals surface area contributed by atoms with Crippen molar-refractivity contribution in [2.24, 2.45) is 0 Å². The maximum absolute atomic E-state index is 14.0. The van der Waals surface area contributed by atoms with Crippen molar-refractivity contribution in [2.45, 2.75) is 39.8 Å². The summed E-state index contributed by atoms with van der Waals surface area (Å²) in [5.74, 6) is 5.42. The van der Waals surface area contributed by atoms with E-state index in [1.54, 1.807) is 6.07 Å². The smallest absolute Gasteiger partial charge is 0.128 e. The van der Waals surface area contributed by atoms with Gasteiger partial charge in [0.25, 0.3) is 0 Å². The van der Waals surface area contributed by atoms with Crippen LogP contribution in [-0.4, -0.2) is 29.2 Å². The highest BCUT2D eigenvalue weighted by molar-refractivity contribution is 5.37. The summed E-state index contributed by atoms with van der Waals surface area (Å²) in [4.78, 5) is 2.20. The number of nitrogens with zero attached hydrogens (tertiary/aromatic N) is 1. The van der Waals surface area contributed by atoms with Crippen LogP contribution in [0.1, 0.15) is 38.3 Å². The van der Waals surface area contributed by atoms with Gasteiger partial charge in [0.05, 0.1) is 6.61 Å². The molecule has 0 saturated carbocycles. The maximum atomic E-state index is 14.0. The van der Waals surface area contributed by atoms with E-state index in [-0.39, 0.29) is 12.4 Å². The molecule has 19 heavy (non-hydrogen) atoms. The van der Waals surface area contributed by atoms with Crippen molar-refractivity contribution in [3.05, 3.63) is 35.1 Å². The zero-order valence-corrected chi connectivity index (χ0v) is 11.9. The Balaban J connectivity index is 2.80. The summed E-state index contributed by atoms with van der Waals surface area (Å²) >= 11 is 0. The number of benzene rings is 1. The van der Waals surface area contributed by atoms with E-state index in [2.05, 4.69) is 37.5 Å². The molecule has 0 atom stereocenters. The van der Waals surface area contributed by atoms with Gasteiger partial charge in [-0.15, -0.1) is 0 Å². The average molecular weight is 263 g/mol. The van der Waals surface area contributed by atoms with Crippen LogP contribution in [-0.2, 0) is 6.54 Å². The van der Waals surface area contributed by atoms with Gasteiger partial charge in [-0.3, -0.25) is 4.90 Å². The number of halogens is 1. The highest BCUT2D eigenvalue weighted by atomic mass is 19.1. The Morgan fingerprint density at radius 3 is 2.63 bits per heavy atom. The molecule has 0 aliphatic rings. The second-order valence-electron chi connectivity index (χ2n) is 4.74. The maximum Gasteiger partial charge on any atom is 0.128 e. The minimum absolute atomic E-state index is 0.0351. The fraction of sp³-hybridized carbons (Fsp3) is 0.500. The molecule has 0 bridgehead atoms. The van der Waals surface area contributed by atoms with Gasteiger partial charge in [0, 0.05) is 30.1 Å². The third-order valence-corrected chi connectivity index (χ3v) is 3.03. The Kier molecular flexibility index (Phi) is 6.55. The molecule has 1 aromatic rings. The standard InChI is InChI=1S/C16H22FNO/c1-4-18(13(2)3)12-15-9-8-14(11-16(15)17)7-5-6-10-19/h8-9,11,13,19H,4,6,10,12H2,1-3H3. The van der Waals surface area contributed by atoms with Gasteiger partial charge in [0.2, 0.25) is 0 Å². The van der Waals surface area contributed by atoms with E-state index in [4.69, 9.17) is 5.11 Å². The molecular formula is C16H22FNO. The number of hydrogen-bond donors (Lipinski definition) is 1. The number of rotatable bonds is 5. The van der Waals surface area contributed by atoms with Crippen molar-refractivity contribution in [3.8, 4) is 11.8 Å². The highest BCUT2D eigenvalue weighted by Gasteiger charge is 2.10. The van der Waals surface area contributed by atoms with Gasteiger partial charge in [-0.25, -0.2) is 4.39 Å². The van der Waals surface area contributed by atoms with Crippen molar-refractivity contribution in [1.29, 1.82) is 0 Å². The summed E-state index contributed by atoms with van der Waals surface area (Å²) in [6, 6.07) is 5.49. The normalized spacial score (nSPS) is 10.7. The molecule has 0 aromatic heterocycles. The molecule has 0 aliphatic heterocycles. The Bertz CT molecular complexity index is 460. The minimum atomic E-state index is -0.213. The quantitative estimate of drug-likeness (QED) is 0.826. The molecule has 1 aromatic carbocycles. The topological polar surface area (TPSA) is 23.5 Å². The van der Waals surface area contributed by atoms with E-state index >= 15 is 0 Å². The van der Waals surface area contributed by atoms with Gasteiger partial charge in [-0.05, 0) is 32.5 Å². The van der Waals surface area contributed by atoms with Crippen LogP contribution in [0.4, 0.5) is 4.39 Å². The molecule has 104 valence electrons. The Labute approximate surface area is 115 Å². The Hall–Kier alpha value is -1.37. The lowest BCUT2D eigenvalue weighted by atomic mass is 10.1. The molecule has 0 spiro atoms. The summed E-state index contributed by atoms with van der Waals surface area (Å²) in [6.07, 6.45) is 0.417. The van der Waals surface area contributed by atoms with Crippen LogP contribution < -0.4 is 0 Å². The van der Waals surface area contributed by atoms with Gasteiger partial charge in [-0.1, -0.05) is 24.8 Å². The van der Waals surface area contributed by atoms with Gasteiger partial charge >= 0.3 is 0 Å². The van der Waals surface area contributed by atoms with Crippen LogP contribution in [0.15, 0.2) is 18.2 Å². The zero-order valence-electron chi connectivity index (χ0n) is 11.9. The first-order valence-electron chi connectivity index (χ1n) is 6.70. The van der Waals surface area contributed by atoms with Crippen molar-refractivity contribution in [3.63, 3.8) is 0 Å². The van der Waals surface area contributed by atoms with Crippen molar-refractivity contribution in [1.82, 2.24) is 4.90 Å². The first-order chi connectivity index (χ1) is 9.08. The molecule has 1 rings (SSSR count). The Morgan fingerprint density at radius 1 is 1.37 bits per heavy atom. The predicted octanol–water partition coefficient (Wildman–Crippen LogP) is 2.79. The first kappa shape index (κ1) is 15.7. The molecule has 0 amide bonds. The largest absolute Gasteiger partial charge is 0.395 e. The highest BCUT2D eigenvalue weighted by Crippen LogP contribution is 2.14. The van der Waals surface area contributed by atoms with Crippen LogP contribution in [0.5, 0.6) is 0 Å². The van der Waals surface area contributed by atoms with E-state index in [1.807, 2.05) is 6.07 Å². The molecule has 0 fully saturated rings. The fourth-order valence-electron chi connectivity index (χ4n) is 1.85. The number of aliphatic hydroxyl groups excluding tert-OH is 1. The fourth-order valence-corrected chi connectivity index (χ4v) is 1.85. The monoisotopic (exact) mass is 263 g/mol. The predicted molar refractivity (Wildman–Crippen MR) is 76.2 cm³/mol. The second kappa shape index (κ2) is 7.93. The summed E-state index contributed by atoms with van der Waals surface area (Å²) in [5, 5.41) is 8.64. The first-order valence-corrected chi connectivity index (χ1v) is 6.70. The molecular weight excluding hydrogens is 241 g/mol. The zero-order chi connectivity index (χ0) is 14.3. The lowest BCUT2D eigenvalue weighted by molar-refractivity contribution is 0.222. The van der Waals surface area contributed by atoms with Gasteiger partial charge in [0.1, 0.15) is 5.82 Å². The van der Waals surface area contributed by atoms with Crippen LogP contribution in [0, 0.1) is 17.7 Å². The van der Waals surface area contributed by atoms with E-state index in [1.165, 1.54) is 6.07 Å². The SMILES string of the molecule is CCN(Cc1ccc(C#CCCO)cc1F)C(C)C. The summed E-state index contributed by atoms with van der Waals surface area (Å²) in [7, 11) is 0. The lowest BCUT2D eigenvalue weighted by Gasteiger charge is -2.24. The van der Waals surface area contributed by atoms with Gasteiger partial charge in [0.15, 0.2) is 0 Å². The van der Waals surface area contributed by atoms with E-state index < -0.39 is 0 Å². The van der Waals surface area contributed by atoms with Crippen LogP contribution in [0.25, 0.3) is 0 Å². The molecule has 0 saturated heterocycles. The van der Waals surface area contributed by atoms with E-state index in [0.29, 0.717) is 30.1 Å². The summed E-state index contributed by atoms with van der Waals surface area (Å²) in [6.45, 7) is 7.84. The van der Waals surface area contributed by atoms with E-state index in [0.717, 1.165) is 6.54 Å². The van der Waals surface area contributed by atoms with Crippen molar-refractivity contribution >= 4 is 0 Å². The van der Waals surface area contributed by atoms with Crippen molar-refractivity contribution < 1.29 is 9.50 Å². The number of aliphatic hydroxyl groups is 1. The summed E-state index contributed by atoms with van der Waals surface area (Å²) in [5.41, 5.74) is 1.35. The van der Waals surface area contributed by atoms with Crippen LogP contribution in [0.2, 0.25) is 0 Å². The molecule has 1 N–H and O–H groups in total. The van der Waals surface area contributed by atoms with Gasteiger partial charge < -0.3 is 5.11 Å². The molecule has 3 heteroatoms. The molecule has 0 heterocycles. The van der Waals surface area contributed by atoms with Crippen molar-refractivity contribution in [2.75, 3.05) is 13.2 Å². The second-order valence-corrected chi connectivity index (χ2v) is 4.74. The molecule has 2 nitrogen and oxygen atoms in total. The summed E-state index contributed by atoms with van der Waals surface area (Å²) < 4.78 is 14.0. The third-order valence-electron chi connectivity index (χ3n) is 3.03. The lowest BCUT2D eigenvalue weighted by Crippen LogP contribution is -2.30. The Morgan fingerprint density at radius 2 is 2.11 bits per heavy atom. The van der Waals surface area contributed by atoms with Crippen LogP contribution >= 0.6 is 0 Å². The average Bonchev–Trinajstić information content (AvgIpc) is 2.37. The molecule has 0 aliphatic carbocycles. The minimum Gasteiger partial charge on any atom is -0.395 e. The third kappa shape index (κ3) is 5.02. The molecule has 0 radical (unpaired) electrons.